The lowest BCUT2D eigenvalue weighted by molar-refractivity contribution is 0.0853. The zero-order valence-electron chi connectivity index (χ0n) is 10.6. The number of nitrogens with zero attached hydrogens (tertiary/aromatic N) is 1. The fraction of sp³-hybridized carbons (Fsp3) is 0.462. The van der Waals surface area contributed by atoms with Gasteiger partial charge in [-0.05, 0) is 31.2 Å². The Morgan fingerprint density at radius 1 is 1.16 bits per heavy atom. The molecule has 1 aromatic carbocycles. The third-order valence-corrected chi connectivity index (χ3v) is 3.39. The van der Waals surface area contributed by atoms with Gasteiger partial charge in [-0.15, -0.1) is 35.6 Å². The Balaban J connectivity index is 0.00000324. The summed E-state index contributed by atoms with van der Waals surface area (Å²) >= 11 is 17.3. The second-order valence-corrected chi connectivity index (χ2v) is 5.15. The first kappa shape index (κ1) is 19.0. The van der Waals surface area contributed by atoms with E-state index in [0.29, 0.717) is 35.4 Å². The maximum atomic E-state index is 12.3. The first-order valence-corrected chi connectivity index (χ1v) is 7.20. The first-order chi connectivity index (χ1) is 8.60. The van der Waals surface area contributed by atoms with Gasteiger partial charge in [-0.1, -0.05) is 11.6 Å². The molecule has 0 fully saturated rings. The molecule has 0 bridgehead atoms. The van der Waals surface area contributed by atoms with Crippen LogP contribution in [0.25, 0.3) is 0 Å². The molecule has 1 rings (SSSR count). The maximum Gasteiger partial charge on any atom is 0.179 e. The Morgan fingerprint density at radius 2 is 1.63 bits per heavy atom. The number of rotatable bonds is 7. The Hall–Kier alpha value is 0.01000. The Bertz CT molecular complexity index is 377. The second kappa shape index (κ2) is 9.84. The normalized spacial score (nSPS) is 12.1. The van der Waals surface area contributed by atoms with E-state index < -0.39 is 0 Å². The van der Waals surface area contributed by atoms with Gasteiger partial charge in [0.1, 0.15) is 0 Å². The molecule has 2 nitrogen and oxygen atoms in total. The van der Waals surface area contributed by atoms with Crippen molar-refractivity contribution in [2.75, 3.05) is 24.8 Å². The monoisotopic (exact) mass is 343 g/mol. The lowest BCUT2D eigenvalue weighted by Crippen LogP contribution is -2.41. The molecule has 0 aliphatic rings. The molecule has 0 saturated carbocycles. The van der Waals surface area contributed by atoms with E-state index in [4.69, 9.17) is 34.8 Å². The van der Waals surface area contributed by atoms with Crippen molar-refractivity contribution < 1.29 is 4.79 Å². The molecule has 0 spiro atoms. The van der Waals surface area contributed by atoms with E-state index >= 15 is 0 Å². The summed E-state index contributed by atoms with van der Waals surface area (Å²) in [5, 5.41) is 0.623. The molecule has 0 amide bonds. The largest absolute Gasteiger partial charge is 0.292 e. The van der Waals surface area contributed by atoms with Crippen LogP contribution in [0.1, 0.15) is 17.3 Å². The zero-order valence-corrected chi connectivity index (χ0v) is 13.7. The van der Waals surface area contributed by atoms with E-state index in [0.717, 1.165) is 0 Å². The molecule has 1 atom stereocenters. The van der Waals surface area contributed by atoms with Crippen molar-refractivity contribution in [2.45, 2.75) is 13.0 Å². The van der Waals surface area contributed by atoms with Crippen LogP contribution in [0.4, 0.5) is 0 Å². The summed E-state index contributed by atoms with van der Waals surface area (Å²) in [5.74, 6) is 1.02. The average molecular weight is 345 g/mol. The number of benzene rings is 1. The van der Waals surface area contributed by atoms with E-state index in [2.05, 4.69) is 0 Å². The van der Waals surface area contributed by atoms with Crippen LogP contribution in [-0.2, 0) is 0 Å². The summed E-state index contributed by atoms with van der Waals surface area (Å²) in [4.78, 5) is 14.3. The molecule has 0 aliphatic heterocycles. The predicted molar refractivity (Wildman–Crippen MR) is 85.5 cm³/mol. The Morgan fingerprint density at radius 3 is 2.05 bits per heavy atom. The fourth-order valence-corrected chi connectivity index (χ4v) is 2.30. The van der Waals surface area contributed by atoms with Gasteiger partial charge in [0, 0.05) is 35.4 Å². The molecular formula is C13H17Cl4NO. The molecule has 1 aromatic rings. The number of ketones is 1. The van der Waals surface area contributed by atoms with Gasteiger partial charge in [0.05, 0.1) is 6.04 Å². The smallest absolute Gasteiger partial charge is 0.179 e. The van der Waals surface area contributed by atoms with Gasteiger partial charge in [-0.2, -0.15) is 0 Å². The third kappa shape index (κ3) is 5.88. The van der Waals surface area contributed by atoms with E-state index in [1.165, 1.54) is 0 Å². The molecule has 1 unspecified atom stereocenters. The summed E-state index contributed by atoms with van der Waals surface area (Å²) in [5.41, 5.74) is 0.654. The quantitative estimate of drug-likeness (QED) is 0.548. The molecule has 0 aromatic heterocycles. The van der Waals surface area contributed by atoms with Crippen molar-refractivity contribution in [3.63, 3.8) is 0 Å². The number of Topliss-reactive ketones (excluding diaryl/α,β-unsaturated/α-hetero) is 1. The van der Waals surface area contributed by atoms with Crippen molar-refractivity contribution in [1.82, 2.24) is 4.90 Å². The first-order valence-electron chi connectivity index (χ1n) is 5.76. The van der Waals surface area contributed by atoms with Gasteiger partial charge in [0.25, 0.3) is 0 Å². The van der Waals surface area contributed by atoms with Crippen LogP contribution in [0.2, 0.25) is 5.02 Å². The maximum absolute atomic E-state index is 12.3. The molecule has 0 saturated heterocycles. The zero-order chi connectivity index (χ0) is 13.5. The highest BCUT2D eigenvalue weighted by Crippen LogP contribution is 2.13. The minimum absolute atomic E-state index is 0. The molecular weight excluding hydrogens is 328 g/mol. The fourth-order valence-electron chi connectivity index (χ4n) is 1.74. The summed E-state index contributed by atoms with van der Waals surface area (Å²) < 4.78 is 0. The van der Waals surface area contributed by atoms with E-state index in [9.17, 15) is 4.79 Å². The summed E-state index contributed by atoms with van der Waals surface area (Å²) in [7, 11) is 0. The highest BCUT2D eigenvalue weighted by atomic mass is 35.5. The Kier molecular flexibility index (Phi) is 9.85. The van der Waals surface area contributed by atoms with E-state index in [1.54, 1.807) is 24.3 Å². The van der Waals surface area contributed by atoms with Crippen LogP contribution in [-0.4, -0.2) is 41.6 Å². The third-order valence-electron chi connectivity index (χ3n) is 2.80. The highest BCUT2D eigenvalue weighted by molar-refractivity contribution is 6.30. The van der Waals surface area contributed by atoms with Crippen molar-refractivity contribution in [3.05, 3.63) is 34.9 Å². The molecule has 6 heteroatoms. The summed E-state index contributed by atoms with van der Waals surface area (Å²) in [6.45, 7) is 3.17. The molecule has 0 N–H and O–H groups in total. The van der Waals surface area contributed by atoms with Crippen molar-refractivity contribution in [3.8, 4) is 0 Å². The average Bonchev–Trinajstić information content (AvgIpc) is 2.38. The lowest BCUT2D eigenvalue weighted by atomic mass is 10.0. The van der Waals surface area contributed by atoms with Gasteiger partial charge >= 0.3 is 0 Å². The van der Waals surface area contributed by atoms with Crippen LogP contribution >= 0.6 is 47.2 Å². The van der Waals surface area contributed by atoms with Crippen molar-refractivity contribution in [1.29, 1.82) is 0 Å². The van der Waals surface area contributed by atoms with Crippen LogP contribution in [0.3, 0.4) is 0 Å². The van der Waals surface area contributed by atoms with Crippen LogP contribution in [0.5, 0.6) is 0 Å². The topological polar surface area (TPSA) is 20.3 Å². The van der Waals surface area contributed by atoms with Gasteiger partial charge in [-0.25, -0.2) is 0 Å². The van der Waals surface area contributed by atoms with Gasteiger partial charge in [0.2, 0.25) is 0 Å². The Labute approximate surface area is 135 Å². The minimum Gasteiger partial charge on any atom is -0.292 e. The number of alkyl halides is 2. The number of hydrogen-bond donors (Lipinski definition) is 0. The molecule has 0 heterocycles. The highest BCUT2D eigenvalue weighted by Gasteiger charge is 2.21. The predicted octanol–water partition coefficient (Wildman–Crippen LogP) is 4.11. The molecule has 0 aliphatic carbocycles. The molecule has 108 valence electrons. The van der Waals surface area contributed by atoms with Gasteiger partial charge < -0.3 is 0 Å². The number of halogens is 4. The van der Waals surface area contributed by atoms with Gasteiger partial charge in [0.15, 0.2) is 5.78 Å². The van der Waals surface area contributed by atoms with Gasteiger partial charge in [-0.3, -0.25) is 9.69 Å². The van der Waals surface area contributed by atoms with E-state index in [-0.39, 0.29) is 24.2 Å². The second-order valence-electron chi connectivity index (χ2n) is 3.96. The molecule has 19 heavy (non-hydrogen) atoms. The lowest BCUT2D eigenvalue weighted by Gasteiger charge is -2.26. The minimum atomic E-state index is -0.233. The van der Waals surface area contributed by atoms with Crippen LogP contribution in [0, 0.1) is 0 Å². The number of carbonyl (C=O) groups excluding carboxylic acids is 1. The molecule has 0 radical (unpaired) electrons. The SMILES string of the molecule is CC(C(=O)c1ccc(Cl)cc1)N(CCCl)CCCl.Cl. The number of carbonyl (C=O) groups is 1. The number of hydrogen-bond acceptors (Lipinski definition) is 2. The summed E-state index contributed by atoms with van der Waals surface area (Å²) in [6, 6.07) is 6.68. The van der Waals surface area contributed by atoms with Crippen molar-refractivity contribution >= 4 is 53.0 Å². The van der Waals surface area contributed by atoms with Crippen LogP contribution in [0.15, 0.2) is 24.3 Å². The standard InChI is InChI=1S/C13H16Cl3NO.ClH/c1-10(17(8-6-14)9-7-15)13(18)11-2-4-12(16)5-3-11;/h2-5,10H,6-9H2,1H3;1H. The summed E-state index contributed by atoms with van der Waals surface area (Å²) in [6.07, 6.45) is 0. The van der Waals surface area contributed by atoms with E-state index in [1.807, 2.05) is 11.8 Å². The van der Waals surface area contributed by atoms with Crippen molar-refractivity contribution in [2.24, 2.45) is 0 Å². The van der Waals surface area contributed by atoms with Crippen LogP contribution < -0.4 is 0 Å².